The molecule has 6 N–H and O–H groups in total. The molecule has 0 spiro atoms. The highest BCUT2D eigenvalue weighted by atomic mass is 32.2. The van der Waals surface area contributed by atoms with Gasteiger partial charge in [-0.2, -0.15) is 9.97 Å². The van der Waals surface area contributed by atoms with Gasteiger partial charge in [0, 0.05) is 36.6 Å². The minimum absolute atomic E-state index is 0. The standard InChI is InChI=1S/2C21H25FN4O3S.2CH4/c2*22-19-13-26(21(27)24-20(19)23)17-10-9-16(12-17)25-30(28,29)18-8-4-7-15(11-18)14-5-2-1-3-6-14;;/h2*4-5,7-8,11,13,16-17,25H,1-3,6,9-10,12H2,(H2,23,24,27);2*1H4/t2*16-,17-;;/m00../s1. The van der Waals surface area contributed by atoms with Crippen molar-refractivity contribution in [2.24, 2.45) is 0 Å². The average Bonchev–Trinajstić information content (AvgIpc) is 3.90. The number of nitrogens with zero attached hydrogens (tertiary/aromatic N) is 4. The Balaban J connectivity index is 0.000000227. The fourth-order valence-electron chi connectivity index (χ4n) is 8.57. The largest absolute Gasteiger partial charge is 0.381 e. The zero-order valence-corrected chi connectivity index (χ0v) is 34.7. The summed E-state index contributed by atoms with van der Waals surface area (Å²) in [6, 6.07) is 12.7. The van der Waals surface area contributed by atoms with Crippen LogP contribution in [0.2, 0.25) is 0 Å². The summed E-state index contributed by atoms with van der Waals surface area (Å²) in [5, 5.41) is 0. The van der Waals surface area contributed by atoms with E-state index in [0.717, 1.165) is 62.0 Å². The average molecular weight is 897 g/mol. The highest BCUT2D eigenvalue weighted by Gasteiger charge is 2.32. The molecular formula is C44H58F2N8O6S2. The number of halogens is 2. The number of benzene rings is 2. The molecule has 62 heavy (non-hydrogen) atoms. The Morgan fingerprint density at radius 1 is 0.613 bits per heavy atom. The molecule has 2 aromatic carbocycles. The molecule has 2 saturated carbocycles. The normalized spacial score (nSPS) is 21.4. The quantitative estimate of drug-likeness (QED) is 0.125. The van der Waals surface area contributed by atoms with E-state index in [1.165, 1.54) is 33.1 Å². The molecule has 4 aliphatic carbocycles. The minimum atomic E-state index is -3.71. The number of rotatable bonds is 10. The van der Waals surface area contributed by atoms with Crippen molar-refractivity contribution >= 4 is 42.8 Å². The van der Waals surface area contributed by atoms with Crippen LogP contribution in [0.25, 0.3) is 11.1 Å². The molecule has 2 fully saturated rings. The van der Waals surface area contributed by atoms with Crippen LogP contribution in [0, 0.1) is 11.6 Å². The van der Waals surface area contributed by atoms with Crippen molar-refractivity contribution in [1.29, 1.82) is 0 Å². The number of anilines is 2. The topological polar surface area (TPSA) is 214 Å². The van der Waals surface area contributed by atoms with Gasteiger partial charge in [-0.25, -0.2) is 44.6 Å². The summed E-state index contributed by atoms with van der Waals surface area (Å²) in [6.07, 6.45) is 18.0. The third kappa shape index (κ3) is 11.3. The second kappa shape index (κ2) is 20.4. The molecule has 8 rings (SSSR count). The molecule has 0 bridgehead atoms. The van der Waals surface area contributed by atoms with Crippen LogP contribution in [0.4, 0.5) is 20.4 Å². The first-order valence-corrected chi connectivity index (χ1v) is 23.4. The lowest BCUT2D eigenvalue weighted by atomic mass is 9.94. The van der Waals surface area contributed by atoms with E-state index in [9.17, 15) is 35.2 Å². The van der Waals surface area contributed by atoms with Crippen LogP contribution >= 0.6 is 0 Å². The van der Waals surface area contributed by atoms with E-state index in [1.54, 1.807) is 36.4 Å². The molecule has 0 unspecified atom stereocenters. The van der Waals surface area contributed by atoms with E-state index in [4.69, 9.17) is 11.5 Å². The maximum absolute atomic E-state index is 13.7. The monoisotopic (exact) mass is 896 g/mol. The van der Waals surface area contributed by atoms with Gasteiger partial charge in [0.2, 0.25) is 20.0 Å². The third-order valence-corrected chi connectivity index (χ3v) is 14.8. The highest BCUT2D eigenvalue weighted by Crippen LogP contribution is 2.33. The van der Waals surface area contributed by atoms with Gasteiger partial charge in [-0.05, 0) is 136 Å². The van der Waals surface area contributed by atoms with Crippen molar-refractivity contribution in [1.82, 2.24) is 28.5 Å². The van der Waals surface area contributed by atoms with Crippen molar-refractivity contribution in [3.05, 3.63) is 117 Å². The van der Waals surface area contributed by atoms with E-state index in [0.29, 0.717) is 38.5 Å². The molecule has 4 aromatic rings. The lowest BCUT2D eigenvalue weighted by Crippen LogP contribution is -2.34. The van der Waals surface area contributed by atoms with Gasteiger partial charge in [0.25, 0.3) is 0 Å². The van der Waals surface area contributed by atoms with Crippen LogP contribution in [0.15, 0.2) is 92.5 Å². The third-order valence-electron chi connectivity index (χ3n) is 11.7. The number of nitrogens with one attached hydrogen (secondary N) is 2. The number of hydrogen-bond donors (Lipinski definition) is 4. The van der Waals surface area contributed by atoms with E-state index in [-0.39, 0.29) is 48.8 Å². The Hall–Kier alpha value is -5.04. The Kier molecular flexibility index (Phi) is 15.8. The number of sulfonamides is 2. The summed E-state index contributed by atoms with van der Waals surface area (Å²) < 4.78 is 87.1. The van der Waals surface area contributed by atoms with E-state index >= 15 is 0 Å². The first kappa shape index (κ1) is 48.0. The van der Waals surface area contributed by atoms with Crippen LogP contribution in [-0.2, 0) is 20.0 Å². The maximum atomic E-state index is 13.7. The van der Waals surface area contributed by atoms with Gasteiger partial charge in [-0.15, -0.1) is 0 Å². The zero-order valence-electron chi connectivity index (χ0n) is 33.1. The van der Waals surface area contributed by atoms with Crippen molar-refractivity contribution < 1.29 is 25.6 Å². The van der Waals surface area contributed by atoms with Crippen molar-refractivity contribution in [2.75, 3.05) is 11.5 Å². The Labute approximate surface area is 362 Å². The number of nitrogens with two attached hydrogens (primary N) is 2. The summed E-state index contributed by atoms with van der Waals surface area (Å²) in [6.45, 7) is 0. The fourth-order valence-corrected chi connectivity index (χ4v) is 11.2. The summed E-state index contributed by atoms with van der Waals surface area (Å²) >= 11 is 0. The van der Waals surface area contributed by atoms with Gasteiger partial charge in [0.15, 0.2) is 23.3 Å². The molecule has 18 heteroatoms. The highest BCUT2D eigenvalue weighted by molar-refractivity contribution is 7.89. The van der Waals surface area contributed by atoms with Crippen molar-refractivity contribution in [2.45, 2.75) is 139 Å². The summed E-state index contributed by atoms with van der Waals surface area (Å²) in [7, 11) is -7.42. The molecule has 0 aliphatic heterocycles. The van der Waals surface area contributed by atoms with Crippen LogP contribution in [0.5, 0.6) is 0 Å². The zero-order chi connectivity index (χ0) is 42.6. The van der Waals surface area contributed by atoms with E-state index < -0.39 is 54.7 Å². The van der Waals surface area contributed by atoms with Crippen LogP contribution in [-0.4, -0.2) is 48.0 Å². The molecule has 0 radical (unpaired) electrons. The lowest BCUT2D eigenvalue weighted by Gasteiger charge is -2.17. The number of hydrogen-bond acceptors (Lipinski definition) is 10. The van der Waals surface area contributed by atoms with Crippen LogP contribution in [0.3, 0.4) is 0 Å². The van der Waals surface area contributed by atoms with Gasteiger partial charge < -0.3 is 11.5 Å². The Bertz CT molecular complexity index is 2470. The van der Waals surface area contributed by atoms with Gasteiger partial charge in [-0.1, -0.05) is 51.3 Å². The van der Waals surface area contributed by atoms with E-state index in [2.05, 4.69) is 31.6 Å². The Morgan fingerprint density at radius 2 is 1.02 bits per heavy atom. The van der Waals surface area contributed by atoms with Gasteiger partial charge >= 0.3 is 11.4 Å². The van der Waals surface area contributed by atoms with Crippen LogP contribution < -0.4 is 32.3 Å². The number of allylic oxidation sites excluding steroid dienone is 4. The van der Waals surface area contributed by atoms with Gasteiger partial charge in [-0.3, -0.25) is 9.13 Å². The van der Waals surface area contributed by atoms with Crippen molar-refractivity contribution in [3.63, 3.8) is 0 Å². The lowest BCUT2D eigenvalue weighted by molar-refractivity contribution is 0.461. The second-order valence-corrected chi connectivity index (χ2v) is 19.3. The van der Waals surface area contributed by atoms with Gasteiger partial charge in [0.05, 0.1) is 9.79 Å². The maximum Gasteiger partial charge on any atom is 0.349 e. The number of nitrogen functional groups attached to an aromatic ring is 2. The molecular weight excluding hydrogens is 839 g/mol. The molecule has 2 heterocycles. The predicted octanol–water partition coefficient (Wildman–Crippen LogP) is 7.26. The molecule has 0 amide bonds. The molecule has 4 aliphatic rings. The van der Waals surface area contributed by atoms with Crippen LogP contribution in [0.1, 0.15) is 128 Å². The summed E-state index contributed by atoms with van der Waals surface area (Å²) in [4.78, 5) is 31.5. The first-order chi connectivity index (χ1) is 28.7. The minimum Gasteiger partial charge on any atom is -0.381 e. The smallest absolute Gasteiger partial charge is 0.349 e. The molecule has 2 aromatic heterocycles. The predicted molar refractivity (Wildman–Crippen MR) is 239 cm³/mol. The Morgan fingerprint density at radius 3 is 1.39 bits per heavy atom. The second-order valence-electron chi connectivity index (χ2n) is 15.9. The molecule has 14 nitrogen and oxygen atoms in total. The molecule has 336 valence electrons. The van der Waals surface area contributed by atoms with E-state index in [1.807, 2.05) is 12.1 Å². The summed E-state index contributed by atoms with van der Waals surface area (Å²) in [5.41, 5.74) is 13.7. The first-order valence-electron chi connectivity index (χ1n) is 20.4. The molecule has 0 saturated heterocycles. The van der Waals surface area contributed by atoms with Crippen molar-refractivity contribution in [3.8, 4) is 0 Å². The summed E-state index contributed by atoms with van der Waals surface area (Å²) in [5.74, 6) is -2.38. The SMILES string of the molecule is C.C.Nc1nc(=O)n([C@H]2CC[C@H](NS(=O)(=O)c3cccc(C4=CCCCC4)c3)C2)cc1F.Nc1nc(=O)n([C@H]2CC[C@H](NS(=O)(=O)c3cccc(C4=CCCCC4)c3)C2)cc1F. The van der Waals surface area contributed by atoms with Gasteiger partial charge in [0.1, 0.15) is 0 Å². The fraction of sp³-hybridized carbons (Fsp3) is 0.455. The molecule has 4 atom stereocenters. The number of aromatic nitrogens is 4.